The highest BCUT2D eigenvalue weighted by Gasteiger charge is 2.28. The summed E-state index contributed by atoms with van der Waals surface area (Å²) >= 11 is 6.23. The molecule has 1 aliphatic carbocycles. The van der Waals surface area contributed by atoms with Crippen LogP contribution in [0.3, 0.4) is 0 Å². The van der Waals surface area contributed by atoms with Crippen molar-refractivity contribution in [2.24, 2.45) is 0 Å². The van der Waals surface area contributed by atoms with Crippen LogP contribution in [0.15, 0.2) is 53.4 Å². The topological polar surface area (TPSA) is 81.7 Å². The van der Waals surface area contributed by atoms with Gasteiger partial charge in [0, 0.05) is 11.3 Å². The average molecular weight is 488 g/mol. The molecule has 170 valence electrons. The number of esters is 1. The lowest BCUT2D eigenvalue weighted by Gasteiger charge is -2.15. The van der Waals surface area contributed by atoms with Crippen LogP contribution >= 0.6 is 11.6 Å². The summed E-state index contributed by atoms with van der Waals surface area (Å²) in [6.07, 6.45) is 2.02. The van der Waals surface area contributed by atoms with Crippen LogP contribution in [0, 0.1) is 5.82 Å². The Morgan fingerprint density at radius 3 is 2.61 bits per heavy atom. The molecule has 1 saturated carbocycles. The molecule has 0 atom stereocenters. The van der Waals surface area contributed by atoms with E-state index >= 15 is 0 Å². The summed E-state index contributed by atoms with van der Waals surface area (Å²) in [5.41, 5.74) is 3.06. The van der Waals surface area contributed by atoms with Crippen molar-refractivity contribution in [1.82, 2.24) is 0 Å². The molecule has 4 bridgehead atoms. The Kier molecular flexibility index (Phi) is 5.29. The molecule has 2 aliphatic rings. The summed E-state index contributed by atoms with van der Waals surface area (Å²) in [5.74, 6) is -1.02. The summed E-state index contributed by atoms with van der Waals surface area (Å²) in [5, 5.41) is -0.0546. The van der Waals surface area contributed by atoms with Gasteiger partial charge in [0.2, 0.25) is 0 Å². The van der Waals surface area contributed by atoms with Crippen LogP contribution in [-0.4, -0.2) is 21.5 Å². The van der Waals surface area contributed by atoms with Gasteiger partial charge in [-0.2, -0.15) is 0 Å². The molecule has 0 aromatic heterocycles. The van der Waals surface area contributed by atoms with E-state index in [0.29, 0.717) is 28.3 Å². The Morgan fingerprint density at radius 2 is 1.88 bits per heavy atom. The van der Waals surface area contributed by atoms with E-state index in [1.807, 2.05) is 6.07 Å². The van der Waals surface area contributed by atoms with Gasteiger partial charge < -0.3 is 9.47 Å². The van der Waals surface area contributed by atoms with E-state index in [0.717, 1.165) is 24.5 Å². The summed E-state index contributed by atoms with van der Waals surface area (Å²) in [6.45, 7) is -0.200. The zero-order chi connectivity index (χ0) is 23.3. The van der Waals surface area contributed by atoms with Gasteiger partial charge in [-0.1, -0.05) is 23.7 Å². The fourth-order valence-electron chi connectivity index (χ4n) is 4.00. The van der Waals surface area contributed by atoms with Crippen molar-refractivity contribution in [3.8, 4) is 16.9 Å². The minimum absolute atomic E-state index is 0.0546. The van der Waals surface area contributed by atoms with Crippen molar-refractivity contribution in [3.05, 3.63) is 76.1 Å². The van der Waals surface area contributed by atoms with Crippen molar-refractivity contribution in [1.29, 1.82) is 0 Å². The first-order valence-corrected chi connectivity index (χ1v) is 12.1. The van der Waals surface area contributed by atoms with Crippen molar-refractivity contribution in [3.63, 3.8) is 0 Å². The van der Waals surface area contributed by atoms with Gasteiger partial charge in [-0.3, -0.25) is 4.72 Å². The lowest BCUT2D eigenvalue weighted by Crippen LogP contribution is -2.16. The number of ether oxygens (including phenoxy) is 2. The maximum absolute atomic E-state index is 14.1. The number of nitrogens with one attached hydrogen (secondary N) is 1. The van der Waals surface area contributed by atoms with Gasteiger partial charge in [-0.15, -0.1) is 0 Å². The number of rotatable bonds is 2. The number of carbonyl (C=O) groups excluding carboxylic acids is 1. The summed E-state index contributed by atoms with van der Waals surface area (Å²) in [4.78, 5) is 12.5. The third-order valence-electron chi connectivity index (χ3n) is 5.73. The molecule has 6 nitrogen and oxygen atoms in total. The SMILES string of the molecule is COc1c(Cl)cc2cc1S(=O)(=O)Nc1cc(cc(C3CC3)c1)-c1ccc(F)cc1COC2=O. The van der Waals surface area contributed by atoms with Crippen LogP contribution in [-0.2, 0) is 21.4 Å². The van der Waals surface area contributed by atoms with Crippen LogP contribution in [0.4, 0.5) is 10.1 Å². The van der Waals surface area contributed by atoms with Gasteiger partial charge >= 0.3 is 5.97 Å². The highest BCUT2D eigenvalue weighted by molar-refractivity contribution is 7.92. The van der Waals surface area contributed by atoms with Crippen molar-refractivity contribution in [2.45, 2.75) is 30.3 Å². The van der Waals surface area contributed by atoms with Crippen LogP contribution in [0.1, 0.15) is 40.2 Å². The highest BCUT2D eigenvalue weighted by atomic mass is 35.5. The molecule has 0 radical (unpaired) electrons. The number of fused-ring (bicyclic) bond motifs is 6. The second-order valence-corrected chi connectivity index (χ2v) is 10.1. The standard InChI is InChI=1S/C24H19ClFNO5S/c1-31-23-21(25)10-16-11-22(23)33(29,30)27-19-8-14(13-2-3-13)6-15(9-19)20-5-4-18(26)7-17(20)12-32-24(16)28/h4-11,13,27H,2-3,12H2,1H3. The smallest absolute Gasteiger partial charge is 0.338 e. The van der Waals surface area contributed by atoms with Crippen molar-refractivity contribution >= 4 is 33.3 Å². The predicted molar refractivity (Wildman–Crippen MR) is 122 cm³/mol. The van der Waals surface area contributed by atoms with Crippen LogP contribution in [0.25, 0.3) is 11.1 Å². The van der Waals surface area contributed by atoms with Gasteiger partial charge in [0.05, 0.1) is 17.7 Å². The number of cyclic esters (lactones) is 1. The van der Waals surface area contributed by atoms with E-state index in [9.17, 15) is 17.6 Å². The second-order valence-electron chi connectivity index (χ2n) is 8.09. The number of anilines is 1. The zero-order valence-electron chi connectivity index (χ0n) is 17.5. The molecule has 9 heteroatoms. The first kappa shape index (κ1) is 21.7. The van der Waals surface area contributed by atoms with Gasteiger partial charge in [0.25, 0.3) is 10.0 Å². The quantitative estimate of drug-likeness (QED) is 0.482. The number of sulfonamides is 1. The Hall–Kier alpha value is -3.10. The van der Waals surface area contributed by atoms with Crippen molar-refractivity contribution < 1.29 is 27.1 Å². The number of halogens is 2. The molecule has 1 heterocycles. The number of hydrogen-bond donors (Lipinski definition) is 1. The lowest BCUT2D eigenvalue weighted by molar-refractivity contribution is 0.0472. The Bertz CT molecular complexity index is 1400. The van der Waals surface area contributed by atoms with Crippen LogP contribution < -0.4 is 9.46 Å². The molecule has 1 aliphatic heterocycles. The summed E-state index contributed by atoms with van der Waals surface area (Å²) in [6, 6.07) is 12.1. The minimum atomic E-state index is -4.18. The summed E-state index contributed by atoms with van der Waals surface area (Å²) in [7, 11) is -2.89. The molecule has 3 aromatic carbocycles. The Balaban J connectivity index is 1.76. The van der Waals surface area contributed by atoms with E-state index in [-0.39, 0.29) is 27.8 Å². The second kappa shape index (κ2) is 8.04. The molecule has 0 saturated heterocycles. The van der Waals surface area contributed by atoms with E-state index in [1.54, 1.807) is 18.2 Å². The molecule has 5 rings (SSSR count). The Morgan fingerprint density at radius 1 is 1.09 bits per heavy atom. The maximum atomic E-state index is 14.1. The average Bonchev–Trinajstić information content (AvgIpc) is 3.61. The first-order chi connectivity index (χ1) is 15.7. The van der Waals surface area contributed by atoms with E-state index in [1.165, 1.54) is 25.3 Å². The van der Waals surface area contributed by atoms with E-state index in [2.05, 4.69) is 4.72 Å². The molecule has 0 amide bonds. The fourth-order valence-corrected chi connectivity index (χ4v) is 5.61. The molecule has 0 unspecified atom stereocenters. The molecule has 1 N–H and O–H groups in total. The Labute approximate surface area is 195 Å². The maximum Gasteiger partial charge on any atom is 0.338 e. The number of methoxy groups -OCH3 is 1. The fraction of sp³-hybridized carbons (Fsp3) is 0.208. The largest absolute Gasteiger partial charge is 0.494 e. The third kappa shape index (κ3) is 4.16. The van der Waals surface area contributed by atoms with Crippen LogP contribution in [0.5, 0.6) is 5.75 Å². The van der Waals surface area contributed by atoms with E-state index in [4.69, 9.17) is 21.1 Å². The first-order valence-electron chi connectivity index (χ1n) is 10.3. The third-order valence-corrected chi connectivity index (χ3v) is 7.40. The molecular formula is C24H19ClFNO5S. The van der Waals surface area contributed by atoms with E-state index < -0.39 is 21.8 Å². The monoisotopic (exact) mass is 487 g/mol. The normalized spacial score (nSPS) is 16.9. The highest BCUT2D eigenvalue weighted by Crippen LogP contribution is 2.43. The van der Waals surface area contributed by atoms with Gasteiger partial charge in [-0.25, -0.2) is 17.6 Å². The van der Waals surface area contributed by atoms with Gasteiger partial charge in [0.15, 0.2) is 5.75 Å². The van der Waals surface area contributed by atoms with Gasteiger partial charge in [0.1, 0.15) is 17.3 Å². The molecule has 3 aromatic rings. The molecule has 0 spiro atoms. The molecular weight excluding hydrogens is 469 g/mol. The van der Waals surface area contributed by atoms with Crippen LogP contribution in [0.2, 0.25) is 5.02 Å². The van der Waals surface area contributed by atoms with Crippen molar-refractivity contribution in [2.75, 3.05) is 11.8 Å². The number of carbonyl (C=O) groups is 1. The molecule has 1 fully saturated rings. The predicted octanol–water partition coefficient (Wildman–Crippen LogP) is 5.50. The zero-order valence-corrected chi connectivity index (χ0v) is 19.1. The lowest BCUT2D eigenvalue weighted by atomic mass is 9.96. The molecule has 33 heavy (non-hydrogen) atoms. The van der Waals surface area contributed by atoms with Gasteiger partial charge in [-0.05, 0) is 71.8 Å². The summed E-state index contributed by atoms with van der Waals surface area (Å²) < 4.78 is 54.0. The number of benzene rings is 3. The minimum Gasteiger partial charge on any atom is -0.494 e. The number of hydrogen-bond acceptors (Lipinski definition) is 5.